The number of nitrogens with one attached hydrogen (secondary N) is 1. The van der Waals surface area contributed by atoms with Crippen molar-refractivity contribution in [2.75, 3.05) is 0 Å². The molecule has 1 unspecified atom stereocenters. The summed E-state index contributed by atoms with van der Waals surface area (Å²) in [6.45, 7) is 23.6. The van der Waals surface area contributed by atoms with Crippen molar-refractivity contribution >= 4 is 17.2 Å². The second-order valence-electron chi connectivity index (χ2n) is 13.2. The normalized spacial score (nSPS) is 16.4. The minimum absolute atomic E-state index is 0.0822. The Labute approximate surface area is 288 Å². The molecule has 0 amide bonds. The molecule has 0 bridgehead atoms. The van der Waals surface area contributed by atoms with Crippen LogP contribution in [-0.4, -0.2) is 17.7 Å². The molecule has 1 aromatic rings. The molecule has 0 saturated heterocycles. The largest absolute Gasteiger partial charge is 0.491 e. The number of amidine groups is 1. The molecule has 1 N–H and O–H groups in total. The number of ketones is 1. The van der Waals surface area contributed by atoms with Gasteiger partial charge in [-0.2, -0.15) is 0 Å². The summed E-state index contributed by atoms with van der Waals surface area (Å²) >= 11 is 0. The molecule has 1 heterocycles. The van der Waals surface area contributed by atoms with Gasteiger partial charge < -0.3 is 10.1 Å². The zero-order valence-corrected chi connectivity index (χ0v) is 31.6. The second kappa shape index (κ2) is 20.8. The predicted octanol–water partition coefficient (Wildman–Crippen LogP) is 12.1. The monoisotopic (exact) mass is 640 g/mol. The molecule has 4 nitrogen and oxygen atoms in total. The van der Waals surface area contributed by atoms with Crippen molar-refractivity contribution < 1.29 is 9.53 Å². The number of carbonyl (C=O) groups is 1. The van der Waals surface area contributed by atoms with Gasteiger partial charge in [-0.3, -0.25) is 4.79 Å². The van der Waals surface area contributed by atoms with E-state index >= 15 is 0 Å². The first-order valence-corrected chi connectivity index (χ1v) is 18.3. The van der Waals surface area contributed by atoms with E-state index in [0.29, 0.717) is 5.92 Å². The van der Waals surface area contributed by atoms with Crippen LogP contribution in [0.25, 0.3) is 5.57 Å². The summed E-state index contributed by atoms with van der Waals surface area (Å²) in [6.07, 6.45) is 20.7. The number of ether oxygens (including phenoxy) is 1. The minimum Gasteiger partial charge on any atom is -0.491 e. The summed E-state index contributed by atoms with van der Waals surface area (Å²) in [4.78, 5) is 18.2. The molecule has 1 aliphatic rings. The zero-order chi connectivity index (χ0) is 34.9. The van der Waals surface area contributed by atoms with Gasteiger partial charge in [-0.25, -0.2) is 4.99 Å². The molecule has 2 rings (SSSR count). The first-order valence-electron chi connectivity index (χ1n) is 18.3. The number of hydrogen-bond acceptors (Lipinski definition) is 4. The smallest absolute Gasteiger partial charge is 0.160 e. The van der Waals surface area contributed by atoms with Crippen molar-refractivity contribution in [3.8, 4) is 0 Å². The highest BCUT2D eigenvalue weighted by molar-refractivity contribution is 6.21. The Morgan fingerprint density at radius 2 is 1.68 bits per heavy atom. The summed E-state index contributed by atoms with van der Waals surface area (Å²) in [7, 11) is 0. The first kappa shape index (κ1) is 39.8. The van der Waals surface area contributed by atoms with Crippen LogP contribution >= 0.6 is 0 Å². The molecule has 1 aromatic carbocycles. The maximum atomic E-state index is 13.2. The van der Waals surface area contributed by atoms with Gasteiger partial charge in [0.1, 0.15) is 17.7 Å². The Hall–Kier alpha value is -3.40. The number of benzene rings is 1. The highest BCUT2D eigenvalue weighted by atomic mass is 16.5. The molecule has 2 atom stereocenters. The average molecular weight is 641 g/mol. The molecule has 47 heavy (non-hydrogen) atoms. The van der Waals surface area contributed by atoms with Gasteiger partial charge in [0.2, 0.25) is 0 Å². The Morgan fingerprint density at radius 3 is 2.28 bits per heavy atom. The molecule has 0 radical (unpaired) electrons. The van der Waals surface area contributed by atoms with E-state index in [2.05, 4.69) is 110 Å². The number of allylic oxidation sites excluding steroid dienone is 8. The van der Waals surface area contributed by atoms with Crippen LogP contribution in [0.5, 0.6) is 0 Å². The second-order valence-corrected chi connectivity index (χ2v) is 13.2. The van der Waals surface area contributed by atoms with E-state index in [-0.39, 0.29) is 11.9 Å². The summed E-state index contributed by atoms with van der Waals surface area (Å²) in [5, 5.41) is 3.70. The SMILES string of the molecule is C\C=C(/C=C\C(NC1=NC=C(/C=C(\C(C)=O)c2c(C)cccc2CCC)C(CCC)=C(C)C1)=C(\C)CC)OC(CCC)[C@H](C)CCC. The Bertz CT molecular complexity index is 1410. The van der Waals surface area contributed by atoms with Crippen molar-refractivity contribution in [2.24, 2.45) is 10.9 Å². The van der Waals surface area contributed by atoms with Gasteiger partial charge in [0.25, 0.3) is 0 Å². The van der Waals surface area contributed by atoms with Crippen LogP contribution in [0.3, 0.4) is 0 Å². The lowest BCUT2D eigenvalue weighted by molar-refractivity contribution is -0.111. The maximum Gasteiger partial charge on any atom is 0.160 e. The van der Waals surface area contributed by atoms with E-state index in [4.69, 9.17) is 9.73 Å². The highest BCUT2D eigenvalue weighted by Gasteiger charge is 2.20. The number of nitrogens with zero attached hydrogens (tertiary/aromatic N) is 1. The van der Waals surface area contributed by atoms with Gasteiger partial charge in [0.05, 0.1) is 0 Å². The van der Waals surface area contributed by atoms with Gasteiger partial charge in [0.15, 0.2) is 5.78 Å². The van der Waals surface area contributed by atoms with Gasteiger partial charge in [-0.05, 0) is 125 Å². The van der Waals surface area contributed by atoms with E-state index in [1.54, 1.807) is 6.92 Å². The summed E-state index contributed by atoms with van der Waals surface area (Å²) < 4.78 is 6.57. The number of aliphatic imine (C=N–C) groups is 1. The van der Waals surface area contributed by atoms with Crippen molar-refractivity contribution in [3.05, 3.63) is 99.1 Å². The van der Waals surface area contributed by atoms with E-state index in [1.165, 1.54) is 35.1 Å². The fraction of sp³-hybridized carbons (Fsp3) is 0.535. The summed E-state index contributed by atoms with van der Waals surface area (Å²) in [5.74, 6) is 2.41. The van der Waals surface area contributed by atoms with Gasteiger partial charge in [-0.1, -0.05) is 96.6 Å². The van der Waals surface area contributed by atoms with Gasteiger partial charge in [-0.15, -0.1) is 0 Å². The topological polar surface area (TPSA) is 50.7 Å². The van der Waals surface area contributed by atoms with Gasteiger partial charge >= 0.3 is 0 Å². The van der Waals surface area contributed by atoms with E-state index < -0.39 is 0 Å². The number of rotatable bonds is 18. The lowest BCUT2D eigenvalue weighted by Crippen LogP contribution is -2.23. The quantitative estimate of drug-likeness (QED) is 0.0986. The van der Waals surface area contributed by atoms with Crippen molar-refractivity contribution in [3.63, 3.8) is 0 Å². The maximum absolute atomic E-state index is 13.2. The third-order valence-corrected chi connectivity index (χ3v) is 9.19. The van der Waals surface area contributed by atoms with E-state index in [0.717, 1.165) is 90.9 Å². The molecular weight excluding hydrogens is 576 g/mol. The standard InChI is InChI=1S/C43H64N2O2/c1-12-19-31(8)41(22-15-4)47-37(17-6)25-26-40(30(7)16-5)45-42-27-33(10)38(21-14-3)36(29-44-42)28-39(34(11)46)43-32(9)23-18-24-35(43)20-13-2/h17-18,23-26,28-29,31,41H,12-16,19-22,27H2,1-11H3,(H,44,45)/b26-25-,37-17+,39-28+,40-30+/t31-,41?/m1/s1. The van der Waals surface area contributed by atoms with Crippen LogP contribution in [-0.2, 0) is 16.0 Å². The minimum atomic E-state index is 0.0822. The predicted molar refractivity (Wildman–Crippen MR) is 204 cm³/mol. The van der Waals surface area contributed by atoms with Gasteiger partial charge in [0, 0.05) is 23.9 Å². The molecule has 0 fully saturated rings. The molecule has 0 aromatic heterocycles. The number of aryl methyl sites for hydroxylation is 2. The summed E-state index contributed by atoms with van der Waals surface area (Å²) in [6, 6.07) is 6.37. The van der Waals surface area contributed by atoms with Crippen LogP contribution in [0.4, 0.5) is 0 Å². The first-order chi connectivity index (χ1) is 22.5. The highest BCUT2D eigenvalue weighted by Crippen LogP contribution is 2.32. The van der Waals surface area contributed by atoms with Crippen LogP contribution in [0.1, 0.15) is 144 Å². The third-order valence-electron chi connectivity index (χ3n) is 9.19. The lowest BCUT2D eigenvalue weighted by atomic mass is 9.87. The average Bonchev–Trinajstić information content (AvgIpc) is 3.18. The molecule has 0 aliphatic carbocycles. The Morgan fingerprint density at radius 1 is 0.979 bits per heavy atom. The molecule has 4 heteroatoms. The van der Waals surface area contributed by atoms with Crippen LogP contribution < -0.4 is 5.32 Å². The van der Waals surface area contributed by atoms with Crippen molar-refractivity contribution in [2.45, 2.75) is 146 Å². The van der Waals surface area contributed by atoms with E-state index in [1.807, 2.05) is 13.1 Å². The molecule has 0 spiro atoms. The van der Waals surface area contributed by atoms with Crippen molar-refractivity contribution in [1.82, 2.24) is 5.32 Å². The Balaban J connectivity index is 2.55. The fourth-order valence-electron chi connectivity index (χ4n) is 6.35. The lowest BCUT2D eigenvalue weighted by Gasteiger charge is -2.25. The molecular formula is C43H64N2O2. The van der Waals surface area contributed by atoms with Crippen LogP contribution in [0, 0.1) is 12.8 Å². The number of carbonyl (C=O) groups excluding carboxylic acids is 1. The van der Waals surface area contributed by atoms with E-state index in [9.17, 15) is 4.79 Å². The summed E-state index contributed by atoms with van der Waals surface area (Å²) in [5.41, 5.74) is 10.1. The van der Waals surface area contributed by atoms with Crippen LogP contribution in [0.15, 0.2) is 87.4 Å². The Kier molecular flexibility index (Phi) is 17.6. The fourth-order valence-corrected chi connectivity index (χ4v) is 6.35. The molecule has 258 valence electrons. The zero-order valence-electron chi connectivity index (χ0n) is 31.6. The van der Waals surface area contributed by atoms with Crippen LogP contribution in [0.2, 0.25) is 0 Å². The third kappa shape index (κ3) is 12.0. The number of Topliss-reactive ketones (excluding diaryl/α,β-unsaturated/α-hetero) is 1. The number of hydrogen-bond donors (Lipinski definition) is 1. The van der Waals surface area contributed by atoms with Crippen molar-refractivity contribution in [1.29, 1.82) is 0 Å². The molecule has 0 saturated carbocycles. The molecule has 1 aliphatic heterocycles.